The molecule has 0 aromatic rings. The molecule has 2 amide bonds. The van der Waals surface area contributed by atoms with Gasteiger partial charge in [0, 0.05) is 19.7 Å². The average Bonchev–Trinajstić information content (AvgIpc) is 2.40. The molecule has 1 unspecified atom stereocenters. The van der Waals surface area contributed by atoms with Gasteiger partial charge in [-0.05, 0) is 25.7 Å². The van der Waals surface area contributed by atoms with Crippen LogP contribution in [0.15, 0.2) is 0 Å². The molecule has 6 heteroatoms. The fourth-order valence-corrected chi connectivity index (χ4v) is 2.45. The van der Waals surface area contributed by atoms with Gasteiger partial charge in [0.15, 0.2) is 0 Å². The average molecular weight is 256 g/mol. The lowest BCUT2D eigenvalue weighted by atomic mass is 9.97. The smallest absolute Gasteiger partial charge is 0.317 e. The zero-order valence-corrected chi connectivity index (χ0v) is 10.4. The van der Waals surface area contributed by atoms with Crippen LogP contribution >= 0.6 is 0 Å². The lowest BCUT2D eigenvalue weighted by Crippen LogP contribution is -2.50. The Kier molecular flexibility index (Phi) is 4.41. The number of carbonyl (C=O) groups excluding carboxylic acids is 1. The molecule has 0 radical (unpaired) electrons. The second kappa shape index (κ2) is 6.04. The number of nitrogens with one attached hydrogen (secondary N) is 1. The van der Waals surface area contributed by atoms with Gasteiger partial charge in [-0.1, -0.05) is 0 Å². The van der Waals surface area contributed by atoms with E-state index >= 15 is 0 Å². The monoisotopic (exact) mass is 256 g/mol. The number of likely N-dealkylation sites (tertiary alicyclic amines) is 1. The molecule has 0 saturated carbocycles. The third-order valence-corrected chi connectivity index (χ3v) is 3.62. The summed E-state index contributed by atoms with van der Waals surface area (Å²) in [4.78, 5) is 24.5. The number of amides is 2. The van der Waals surface area contributed by atoms with Crippen molar-refractivity contribution in [3.63, 3.8) is 0 Å². The van der Waals surface area contributed by atoms with E-state index in [0.717, 1.165) is 19.4 Å². The minimum absolute atomic E-state index is 0.0886. The second-order valence-corrected chi connectivity index (χ2v) is 4.96. The summed E-state index contributed by atoms with van der Waals surface area (Å²) in [6.45, 7) is 2.40. The predicted octanol–water partition coefficient (Wildman–Crippen LogP) is 0.672. The Balaban J connectivity index is 1.75. The van der Waals surface area contributed by atoms with Crippen molar-refractivity contribution in [3.8, 4) is 0 Å². The van der Waals surface area contributed by atoms with Crippen LogP contribution in [-0.2, 0) is 9.53 Å². The van der Waals surface area contributed by atoms with Crippen molar-refractivity contribution in [1.82, 2.24) is 10.2 Å². The highest BCUT2D eigenvalue weighted by Crippen LogP contribution is 2.17. The third-order valence-electron chi connectivity index (χ3n) is 3.62. The van der Waals surface area contributed by atoms with Gasteiger partial charge in [0.1, 0.15) is 0 Å². The maximum atomic E-state index is 12.0. The second-order valence-electron chi connectivity index (χ2n) is 4.96. The fraction of sp³-hybridized carbons (Fsp3) is 0.833. The fourth-order valence-electron chi connectivity index (χ4n) is 2.45. The summed E-state index contributed by atoms with van der Waals surface area (Å²) in [5.41, 5.74) is 0. The molecule has 6 nitrogen and oxygen atoms in total. The number of carboxylic acid groups (broad SMARTS) is 1. The number of hydrogen-bond donors (Lipinski definition) is 2. The maximum Gasteiger partial charge on any atom is 0.317 e. The summed E-state index contributed by atoms with van der Waals surface area (Å²) in [5, 5.41) is 11.8. The van der Waals surface area contributed by atoms with Gasteiger partial charge in [0.2, 0.25) is 0 Å². The van der Waals surface area contributed by atoms with E-state index in [4.69, 9.17) is 9.84 Å². The molecule has 2 fully saturated rings. The van der Waals surface area contributed by atoms with Crippen LogP contribution in [-0.4, -0.2) is 54.4 Å². The van der Waals surface area contributed by atoms with Gasteiger partial charge >= 0.3 is 12.0 Å². The van der Waals surface area contributed by atoms with Crippen LogP contribution in [0.1, 0.15) is 25.7 Å². The molecule has 1 atom stereocenters. The maximum absolute atomic E-state index is 12.0. The van der Waals surface area contributed by atoms with E-state index in [2.05, 4.69) is 5.32 Å². The van der Waals surface area contributed by atoms with Gasteiger partial charge in [-0.2, -0.15) is 0 Å². The van der Waals surface area contributed by atoms with E-state index < -0.39 is 5.97 Å². The van der Waals surface area contributed by atoms with Crippen LogP contribution < -0.4 is 5.32 Å². The summed E-state index contributed by atoms with van der Waals surface area (Å²) in [6.07, 6.45) is 3.03. The summed E-state index contributed by atoms with van der Waals surface area (Å²) >= 11 is 0. The quantitative estimate of drug-likeness (QED) is 0.761. The SMILES string of the molecule is O=C(O)C1CCN(C(=O)NC2CCCOC2)CC1. The zero-order chi connectivity index (χ0) is 13.0. The first kappa shape index (κ1) is 13.1. The Morgan fingerprint density at radius 3 is 2.50 bits per heavy atom. The molecule has 0 aromatic heterocycles. The number of carbonyl (C=O) groups is 2. The van der Waals surface area contributed by atoms with Crippen LogP contribution in [0, 0.1) is 5.92 Å². The molecule has 0 aliphatic carbocycles. The summed E-state index contributed by atoms with van der Waals surface area (Å²) in [7, 11) is 0. The normalized spacial score (nSPS) is 25.8. The number of hydrogen-bond acceptors (Lipinski definition) is 3. The molecule has 2 aliphatic rings. The van der Waals surface area contributed by atoms with Crippen molar-refractivity contribution in [2.24, 2.45) is 5.92 Å². The first-order chi connectivity index (χ1) is 8.66. The molecule has 2 aliphatic heterocycles. The van der Waals surface area contributed by atoms with Crippen molar-refractivity contribution in [1.29, 1.82) is 0 Å². The van der Waals surface area contributed by atoms with Crippen molar-refractivity contribution < 1.29 is 19.4 Å². The Morgan fingerprint density at radius 2 is 1.94 bits per heavy atom. The van der Waals surface area contributed by atoms with E-state index in [1.165, 1.54) is 0 Å². The highest BCUT2D eigenvalue weighted by molar-refractivity contribution is 5.75. The van der Waals surface area contributed by atoms with Crippen LogP contribution in [0.4, 0.5) is 4.79 Å². The molecule has 102 valence electrons. The molecular weight excluding hydrogens is 236 g/mol. The molecule has 0 aromatic carbocycles. The first-order valence-corrected chi connectivity index (χ1v) is 6.53. The van der Waals surface area contributed by atoms with Gasteiger partial charge in [0.05, 0.1) is 18.6 Å². The number of carboxylic acids is 1. The Bertz CT molecular complexity index is 307. The van der Waals surface area contributed by atoms with Crippen LogP contribution in [0.3, 0.4) is 0 Å². The van der Waals surface area contributed by atoms with Gasteiger partial charge in [-0.15, -0.1) is 0 Å². The van der Waals surface area contributed by atoms with E-state index in [0.29, 0.717) is 32.5 Å². The summed E-state index contributed by atoms with van der Waals surface area (Å²) in [6, 6.07) is 0.0118. The van der Waals surface area contributed by atoms with Crippen LogP contribution in [0.25, 0.3) is 0 Å². The molecule has 2 saturated heterocycles. The minimum Gasteiger partial charge on any atom is -0.481 e. The first-order valence-electron chi connectivity index (χ1n) is 6.53. The Labute approximate surface area is 106 Å². The third kappa shape index (κ3) is 3.35. The topological polar surface area (TPSA) is 78.9 Å². The van der Waals surface area contributed by atoms with Gasteiger partial charge < -0.3 is 20.1 Å². The Hall–Kier alpha value is -1.30. The molecule has 18 heavy (non-hydrogen) atoms. The van der Waals surface area contributed by atoms with E-state index in [9.17, 15) is 9.59 Å². The number of nitrogens with zero attached hydrogens (tertiary/aromatic N) is 1. The number of aliphatic carboxylic acids is 1. The summed E-state index contributed by atoms with van der Waals surface area (Å²) in [5.74, 6) is -1.05. The summed E-state index contributed by atoms with van der Waals surface area (Å²) < 4.78 is 5.31. The Morgan fingerprint density at radius 1 is 1.22 bits per heavy atom. The van der Waals surface area contributed by atoms with Gasteiger partial charge in [-0.3, -0.25) is 4.79 Å². The highest BCUT2D eigenvalue weighted by Gasteiger charge is 2.28. The van der Waals surface area contributed by atoms with Gasteiger partial charge in [-0.25, -0.2) is 4.79 Å². The largest absolute Gasteiger partial charge is 0.481 e. The van der Waals surface area contributed by atoms with Crippen LogP contribution in [0.5, 0.6) is 0 Å². The molecule has 2 rings (SSSR count). The van der Waals surface area contributed by atoms with E-state index in [1.807, 2.05) is 0 Å². The van der Waals surface area contributed by atoms with Crippen molar-refractivity contribution in [2.45, 2.75) is 31.7 Å². The molecular formula is C12H20N2O4. The number of rotatable bonds is 2. The molecule has 0 spiro atoms. The number of ether oxygens (including phenoxy) is 1. The zero-order valence-electron chi connectivity index (χ0n) is 10.4. The highest BCUT2D eigenvalue weighted by atomic mass is 16.5. The molecule has 2 N–H and O–H groups in total. The van der Waals surface area contributed by atoms with E-state index in [1.54, 1.807) is 4.90 Å². The van der Waals surface area contributed by atoms with Crippen molar-refractivity contribution in [2.75, 3.05) is 26.3 Å². The molecule has 0 bridgehead atoms. The number of urea groups is 1. The minimum atomic E-state index is -0.754. The number of piperidine rings is 1. The lowest BCUT2D eigenvalue weighted by molar-refractivity contribution is -0.143. The van der Waals surface area contributed by atoms with Crippen LogP contribution in [0.2, 0.25) is 0 Å². The standard InChI is InChI=1S/C12H20N2O4/c15-11(16)9-3-5-14(6-4-9)12(17)13-10-2-1-7-18-8-10/h9-10H,1-8H2,(H,13,17)(H,15,16). The van der Waals surface area contributed by atoms with Gasteiger partial charge in [0.25, 0.3) is 0 Å². The predicted molar refractivity (Wildman–Crippen MR) is 64.3 cm³/mol. The lowest BCUT2D eigenvalue weighted by Gasteiger charge is -2.32. The molecule has 2 heterocycles. The van der Waals surface area contributed by atoms with Crippen molar-refractivity contribution >= 4 is 12.0 Å². The van der Waals surface area contributed by atoms with Crippen molar-refractivity contribution in [3.05, 3.63) is 0 Å². The van der Waals surface area contributed by atoms with E-state index in [-0.39, 0.29) is 18.0 Å².